The molecule has 19 heavy (non-hydrogen) atoms. The first-order valence-corrected chi connectivity index (χ1v) is 7.80. The summed E-state index contributed by atoms with van der Waals surface area (Å²) in [4.78, 5) is 14.3. The quantitative estimate of drug-likeness (QED) is 0.900. The summed E-state index contributed by atoms with van der Waals surface area (Å²) in [6.45, 7) is 4.33. The molecule has 2 unspecified atom stereocenters. The molecule has 1 aromatic rings. The van der Waals surface area contributed by atoms with Crippen molar-refractivity contribution in [2.24, 2.45) is 0 Å². The lowest BCUT2D eigenvalue weighted by atomic mass is 10.1. The van der Waals surface area contributed by atoms with Crippen LogP contribution in [0.2, 0.25) is 0 Å². The van der Waals surface area contributed by atoms with Gasteiger partial charge in [0.05, 0.1) is 5.75 Å². The predicted molar refractivity (Wildman–Crippen MR) is 80.7 cm³/mol. The maximum Gasteiger partial charge on any atom is 0.237 e. The minimum absolute atomic E-state index is 0.173. The van der Waals surface area contributed by atoms with Crippen molar-refractivity contribution in [2.45, 2.75) is 38.0 Å². The van der Waals surface area contributed by atoms with Crippen molar-refractivity contribution in [3.05, 3.63) is 29.8 Å². The highest BCUT2D eigenvalue weighted by atomic mass is 32.2. The molecule has 1 aliphatic heterocycles. The Bertz CT molecular complexity index is 450. The lowest BCUT2D eigenvalue weighted by molar-refractivity contribution is -0.116. The van der Waals surface area contributed by atoms with E-state index in [2.05, 4.69) is 19.9 Å². The van der Waals surface area contributed by atoms with E-state index < -0.39 is 0 Å². The van der Waals surface area contributed by atoms with Gasteiger partial charge in [-0.05, 0) is 31.4 Å². The third kappa shape index (κ3) is 3.31. The van der Waals surface area contributed by atoms with Crippen LogP contribution in [0, 0.1) is 0 Å². The first-order chi connectivity index (χ1) is 9.13. The van der Waals surface area contributed by atoms with Crippen LogP contribution in [0.5, 0.6) is 0 Å². The number of fused-ring (bicyclic) bond motifs is 1. The molecule has 0 aromatic heterocycles. The van der Waals surface area contributed by atoms with Gasteiger partial charge in [0, 0.05) is 23.6 Å². The van der Waals surface area contributed by atoms with Gasteiger partial charge in [0.1, 0.15) is 0 Å². The Kier molecular flexibility index (Phi) is 4.88. The minimum Gasteiger partial charge on any atom is -0.396 e. The van der Waals surface area contributed by atoms with E-state index in [1.54, 1.807) is 11.8 Å². The summed E-state index contributed by atoms with van der Waals surface area (Å²) in [5.74, 6) is 0.659. The fourth-order valence-electron chi connectivity index (χ4n) is 2.49. The lowest BCUT2D eigenvalue weighted by Crippen LogP contribution is -2.37. The fourth-order valence-corrected chi connectivity index (χ4v) is 3.33. The number of para-hydroxylation sites is 1. The van der Waals surface area contributed by atoms with Gasteiger partial charge >= 0.3 is 0 Å². The summed E-state index contributed by atoms with van der Waals surface area (Å²) in [5, 5.41) is 9.20. The highest BCUT2D eigenvalue weighted by Gasteiger charge is 2.30. The second kappa shape index (κ2) is 6.44. The maximum atomic E-state index is 12.4. The van der Waals surface area contributed by atoms with E-state index in [-0.39, 0.29) is 18.6 Å². The molecule has 0 saturated heterocycles. The van der Waals surface area contributed by atoms with Gasteiger partial charge in [0.25, 0.3) is 0 Å². The van der Waals surface area contributed by atoms with Gasteiger partial charge in [0.15, 0.2) is 0 Å². The third-order valence-electron chi connectivity index (χ3n) is 3.50. The molecule has 2 rings (SSSR count). The summed E-state index contributed by atoms with van der Waals surface area (Å²) in [7, 11) is 0. The van der Waals surface area contributed by atoms with Gasteiger partial charge in [-0.25, -0.2) is 0 Å². The average Bonchev–Trinajstić information content (AvgIpc) is 2.72. The fraction of sp³-hybridized carbons (Fsp3) is 0.533. The molecule has 0 aliphatic carbocycles. The normalized spacial score (nSPS) is 19.3. The number of anilines is 1. The molecule has 0 bridgehead atoms. The van der Waals surface area contributed by atoms with Crippen molar-refractivity contribution in [1.82, 2.24) is 0 Å². The van der Waals surface area contributed by atoms with Crippen molar-refractivity contribution >= 4 is 23.4 Å². The van der Waals surface area contributed by atoms with Crippen LogP contribution < -0.4 is 4.90 Å². The van der Waals surface area contributed by atoms with Gasteiger partial charge < -0.3 is 10.0 Å². The SMILES string of the molecule is CC(CCO)SCC(=O)N1c2ccccc2CC1C. The zero-order valence-corrected chi connectivity index (χ0v) is 12.3. The van der Waals surface area contributed by atoms with Crippen LogP contribution >= 0.6 is 11.8 Å². The molecule has 1 aromatic carbocycles. The molecule has 1 heterocycles. The number of thioether (sulfide) groups is 1. The minimum atomic E-state index is 0.173. The molecule has 0 saturated carbocycles. The molecule has 2 atom stereocenters. The van der Waals surface area contributed by atoms with Crippen molar-refractivity contribution in [2.75, 3.05) is 17.3 Å². The summed E-state index contributed by atoms with van der Waals surface area (Å²) >= 11 is 1.62. The molecule has 1 amide bonds. The van der Waals surface area contributed by atoms with Crippen molar-refractivity contribution in [3.8, 4) is 0 Å². The zero-order valence-electron chi connectivity index (χ0n) is 11.5. The zero-order chi connectivity index (χ0) is 13.8. The van der Waals surface area contributed by atoms with Crippen molar-refractivity contribution in [1.29, 1.82) is 0 Å². The van der Waals surface area contributed by atoms with Crippen LogP contribution in [0.4, 0.5) is 5.69 Å². The number of amides is 1. The molecule has 0 radical (unpaired) electrons. The number of carbonyl (C=O) groups is 1. The molecular formula is C15H21NO2S. The molecule has 0 spiro atoms. The number of aliphatic hydroxyl groups excluding tert-OH is 1. The van der Waals surface area contributed by atoms with E-state index in [9.17, 15) is 4.79 Å². The van der Waals surface area contributed by atoms with E-state index in [0.717, 1.165) is 18.5 Å². The van der Waals surface area contributed by atoms with Gasteiger partial charge in [-0.2, -0.15) is 0 Å². The average molecular weight is 279 g/mol. The molecule has 4 heteroatoms. The lowest BCUT2D eigenvalue weighted by Gasteiger charge is -2.23. The number of benzene rings is 1. The van der Waals surface area contributed by atoms with Gasteiger partial charge in [-0.1, -0.05) is 25.1 Å². The number of nitrogens with zero attached hydrogens (tertiary/aromatic N) is 1. The Morgan fingerprint density at radius 2 is 2.26 bits per heavy atom. The topological polar surface area (TPSA) is 40.5 Å². The standard InChI is InChI=1S/C15H21NO2S/c1-11-9-13-5-3-4-6-14(13)16(11)15(18)10-19-12(2)7-8-17/h3-6,11-12,17H,7-10H2,1-2H3. The Balaban J connectivity index is 2.00. The smallest absolute Gasteiger partial charge is 0.237 e. The van der Waals surface area contributed by atoms with Gasteiger partial charge in [0.2, 0.25) is 5.91 Å². The number of rotatable bonds is 5. The summed E-state index contributed by atoms with van der Waals surface area (Å²) < 4.78 is 0. The first-order valence-electron chi connectivity index (χ1n) is 6.76. The van der Waals surface area contributed by atoms with Crippen LogP contribution in [0.25, 0.3) is 0 Å². The molecular weight excluding hydrogens is 258 g/mol. The van der Waals surface area contributed by atoms with E-state index in [1.165, 1.54) is 5.56 Å². The Morgan fingerprint density at radius 1 is 1.53 bits per heavy atom. The van der Waals surface area contributed by atoms with Crippen LogP contribution in [-0.2, 0) is 11.2 Å². The van der Waals surface area contributed by atoms with Crippen LogP contribution in [0.1, 0.15) is 25.8 Å². The van der Waals surface area contributed by atoms with E-state index >= 15 is 0 Å². The summed E-state index contributed by atoms with van der Waals surface area (Å²) in [6, 6.07) is 8.38. The van der Waals surface area contributed by atoms with Gasteiger partial charge in [-0.3, -0.25) is 4.79 Å². The van der Waals surface area contributed by atoms with Crippen molar-refractivity contribution < 1.29 is 9.90 Å². The predicted octanol–water partition coefficient (Wildman–Crippen LogP) is 2.47. The highest BCUT2D eigenvalue weighted by Crippen LogP contribution is 2.32. The molecule has 104 valence electrons. The maximum absolute atomic E-state index is 12.4. The molecule has 3 nitrogen and oxygen atoms in total. The highest BCUT2D eigenvalue weighted by molar-refractivity contribution is 8.00. The number of aliphatic hydroxyl groups is 1. The van der Waals surface area contributed by atoms with E-state index in [1.807, 2.05) is 23.1 Å². The third-order valence-corrected chi connectivity index (χ3v) is 4.72. The van der Waals surface area contributed by atoms with Crippen LogP contribution in [0.15, 0.2) is 24.3 Å². The van der Waals surface area contributed by atoms with Crippen LogP contribution in [0.3, 0.4) is 0 Å². The Hall–Kier alpha value is -1.00. The Labute approximate surface area is 119 Å². The Morgan fingerprint density at radius 3 is 3.00 bits per heavy atom. The van der Waals surface area contributed by atoms with Gasteiger partial charge in [-0.15, -0.1) is 11.8 Å². The molecule has 1 aliphatic rings. The number of hydrogen-bond donors (Lipinski definition) is 1. The van der Waals surface area contributed by atoms with Crippen LogP contribution in [-0.4, -0.2) is 34.7 Å². The summed E-state index contributed by atoms with van der Waals surface area (Å²) in [5.41, 5.74) is 2.33. The second-order valence-electron chi connectivity index (χ2n) is 5.08. The van der Waals surface area contributed by atoms with E-state index in [0.29, 0.717) is 11.0 Å². The molecule has 1 N–H and O–H groups in total. The molecule has 0 fully saturated rings. The number of carbonyl (C=O) groups excluding carboxylic acids is 1. The van der Waals surface area contributed by atoms with Crippen molar-refractivity contribution in [3.63, 3.8) is 0 Å². The largest absolute Gasteiger partial charge is 0.396 e. The first kappa shape index (κ1) is 14.4. The second-order valence-corrected chi connectivity index (χ2v) is 6.51. The monoisotopic (exact) mass is 279 g/mol. The number of hydrogen-bond acceptors (Lipinski definition) is 3. The summed E-state index contributed by atoms with van der Waals surface area (Å²) in [6.07, 6.45) is 1.68. The van der Waals surface area contributed by atoms with E-state index in [4.69, 9.17) is 5.11 Å².